The fourth-order valence-electron chi connectivity index (χ4n) is 2.40. The lowest BCUT2D eigenvalue weighted by molar-refractivity contribution is 0.283. The number of hydrogen-bond donors (Lipinski definition) is 1. The highest BCUT2D eigenvalue weighted by Gasteiger charge is 2.21. The second kappa shape index (κ2) is 5.41. The van der Waals surface area contributed by atoms with Gasteiger partial charge in [0.15, 0.2) is 11.5 Å². The van der Waals surface area contributed by atoms with E-state index in [-0.39, 0.29) is 6.04 Å². The largest absolute Gasteiger partial charge is 0.490 e. The molecule has 17 heavy (non-hydrogen) atoms. The van der Waals surface area contributed by atoms with Crippen molar-refractivity contribution in [1.82, 2.24) is 0 Å². The third-order valence-corrected chi connectivity index (χ3v) is 3.16. The minimum Gasteiger partial charge on any atom is -0.490 e. The lowest BCUT2D eigenvalue weighted by Crippen LogP contribution is -2.28. The number of fused-ring (bicyclic) bond motifs is 1. The van der Waals surface area contributed by atoms with Crippen LogP contribution < -0.4 is 15.2 Å². The first kappa shape index (κ1) is 12.2. The van der Waals surface area contributed by atoms with Gasteiger partial charge >= 0.3 is 0 Å². The van der Waals surface area contributed by atoms with Gasteiger partial charge in [-0.1, -0.05) is 6.07 Å². The Kier molecular flexibility index (Phi) is 3.89. The molecule has 3 heteroatoms. The van der Waals surface area contributed by atoms with E-state index in [2.05, 4.69) is 6.07 Å². The summed E-state index contributed by atoms with van der Waals surface area (Å²) in [5.74, 6) is 1.79. The van der Waals surface area contributed by atoms with E-state index < -0.39 is 0 Å². The first-order valence-electron chi connectivity index (χ1n) is 6.42. The smallest absolute Gasteiger partial charge is 0.164 e. The Bertz CT molecular complexity index is 390. The first-order chi connectivity index (χ1) is 8.26. The quantitative estimate of drug-likeness (QED) is 0.871. The van der Waals surface area contributed by atoms with Crippen LogP contribution in [-0.4, -0.2) is 19.3 Å². The highest BCUT2D eigenvalue weighted by Crippen LogP contribution is 2.37. The summed E-state index contributed by atoms with van der Waals surface area (Å²) in [5.41, 5.74) is 8.60. The lowest BCUT2D eigenvalue weighted by Gasteiger charge is -2.25. The minimum absolute atomic E-state index is 0.287. The summed E-state index contributed by atoms with van der Waals surface area (Å²) in [7, 11) is 0. The summed E-state index contributed by atoms with van der Waals surface area (Å²) in [6.07, 6.45) is 2.97. The number of ether oxygens (including phenoxy) is 2. The molecule has 2 N–H and O–H groups in total. The molecule has 0 unspecified atom stereocenters. The highest BCUT2D eigenvalue weighted by molar-refractivity contribution is 5.52. The van der Waals surface area contributed by atoms with E-state index in [9.17, 15) is 0 Å². The Labute approximate surface area is 103 Å². The van der Waals surface area contributed by atoms with Crippen LogP contribution in [0.4, 0.5) is 0 Å². The van der Waals surface area contributed by atoms with Crippen molar-refractivity contribution in [1.29, 1.82) is 0 Å². The molecule has 1 atom stereocenters. The zero-order valence-electron chi connectivity index (χ0n) is 10.7. The van der Waals surface area contributed by atoms with Crippen molar-refractivity contribution in [2.24, 2.45) is 5.73 Å². The fourth-order valence-corrected chi connectivity index (χ4v) is 2.40. The summed E-state index contributed by atoms with van der Waals surface area (Å²) in [4.78, 5) is 0. The topological polar surface area (TPSA) is 44.5 Å². The molecule has 94 valence electrons. The molecule has 0 saturated heterocycles. The highest BCUT2D eigenvalue weighted by atomic mass is 16.5. The summed E-state index contributed by atoms with van der Waals surface area (Å²) in [6.45, 7) is 5.33. The predicted molar refractivity (Wildman–Crippen MR) is 68.8 cm³/mol. The van der Waals surface area contributed by atoms with E-state index in [1.807, 2.05) is 19.9 Å². The van der Waals surface area contributed by atoms with E-state index in [1.165, 1.54) is 11.1 Å². The lowest BCUT2D eigenvalue weighted by atomic mass is 9.88. The van der Waals surface area contributed by atoms with Gasteiger partial charge in [-0.25, -0.2) is 0 Å². The van der Waals surface area contributed by atoms with Crippen LogP contribution in [-0.2, 0) is 12.8 Å². The Morgan fingerprint density at radius 1 is 1.24 bits per heavy atom. The SMILES string of the molecule is CCOc1ccc2c(c1OCC)CC[C@H](N)C2. The van der Waals surface area contributed by atoms with Crippen LogP contribution >= 0.6 is 0 Å². The molecule has 0 spiro atoms. The molecular formula is C14H21NO2. The number of nitrogens with two attached hydrogens (primary N) is 1. The van der Waals surface area contributed by atoms with Crippen molar-refractivity contribution in [2.45, 2.75) is 39.2 Å². The van der Waals surface area contributed by atoms with Gasteiger partial charge in [0.1, 0.15) is 0 Å². The maximum Gasteiger partial charge on any atom is 0.164 e. The van der Waals surface area contributed by atoms with Crippen molar-refractivity contribution in [3.05, 3.63) is 23.3 Å². The molecule has 0 aliphatic heterocycles. The van der Waals surface area contributed by atoms with Crippen molar-refractivity contribution >= 4 is 0 Å². The monoisotopic (exact) mass is 235 g/mol. The fraction of sp³-hybridized carbons (Fsp3) is 0.571. The van der Waals surface area contributed by atoms with Crippen molar-refractivity contribution in [3.8, 4) is 11.5 Å². The van der Waals surface area contributed by atoms with Crippen LogP contribution in [0.15, 0.2) is 12.1 Å². The molecule has 0 bridgehead atoms. The Morgan fingerprint density at radius 3 is 2.71 bits per heavy atom. The van der Waals surface area contributed by atoms with Gasteiger partial charge < -0.3 is 15.2 Å². The van der Waals surface area contributed by atoms with Crippen LogP contribution in [0.2, 0.25) is 0 Å². The Balaban J connectivity index is 2.38. The second-order valence-corrected chi connectivity index (χ2v) is 4.40. The molecule has 0 aromatic heterocycles. The molecule has 2 rings (SSSR count). The molecule has 1 aromatic rings. The third-order valence-electron chi connectivity index (χ3n) is 3.16. The van der Waals surface area contributed by atoms with Gasteiger partial charge in [-0.05, 0) is 44.7 Å². The van der Waals surface area contributed by atoms with E-state index >= 15 is 0 Å². The summed E-state index contributed by atoms with van der Waals surface area (Å²) < 4.78 is 11.4. The van der Waals surface area contributed by atoms with Crippen LogP contribution in [0.1, 0.15) is 31.4 Å². The van der Waals surface area contributed by atoms with Gasteiger partial charge in [-0.3, -0.25) is 0 Å². The van der Waals surface area contributed by atoms with Gasteiger partial charge in [0.25, 0.3) is 0 Å². The zero-order valence-corrected chi connectivity index (χ0v) is 10.7. The van der Waals surface area contributed by atoms with E-state index in [0.29, 0.717) is 13.2 Å². The van der Waals surface area contributed by atoms with Crippen molar-refractivity contribution < 1.29 is 9.47 Å². The first-order valence-corrected chi connectivity index (χ1v) is 6.42. The molecule has 1 aliphatic carbocycles. The van der Waals surface area contributed by atoms with Crippen LogP contribution in [0, 0.1) is 0 Å². The summed E-state index contributed by atoms with van der Waals surface area (Å²) >= 11 is 0. The maximum absolute atomic E-state index is 6.00. The van der Waals surface area contributed by atoms with E-state index in [0.717, 1.165) is 30.8 Å². The number of hydrogen-bond acceptors (Lipinski definition) is 3. The van der Waals surface area contributed by atoms with Crippen LogP contribution in [0.5, 0.6) is 11.5 Å². The van der Waals surface area contributed by atoms with Gasteiger partial charge in [0.2, 0.25) is 0 Å². The van der Waals surface area contributed by atoms with Gasteiger partial charge in [-0.2, -0.15) is 0 Å². The predicted octanol–water partition coefficient (Wildman–Crippen LogP) is 2.30. The number of benzene rings is 1. The zero-order chi connectivity index (χ0) is 12.3. The summed E-state index contributed by atoms with van der Waals surface area (Å²) in [5, 5.41) is 0. The maximum atomic E-state index is 6.00. The van der Waals surface area contributed by atoms with Gasteiger partial charge in [0.05, 0.1) is 13.2 Å². The molecular weight excluding hydrogens is 214 g/mol. The van der Waals surface area contributed by atoms with Crippen molar-refractivity contribution in [2.75, 3.05) is 13.2 Å². The normalized spacial score (nSPS) is 18.6. The number of rotatable bonds is 4. The molecule has 0 fully saturated rings. The summed E-state index contributed by atoms with van der Waals surface area (Å²) in [6, 6.07) is 4.42. The average molecular weight is 235 g/mol. The molecule has 1 aliphatic rings. The standard InChI is InChI=1S/C14H21NO2/c1-3-16-13-8-5-10-9-11(15)6-7-12(10)14(13)17-4-2/h5,8,11H,3-4,6-7,9,15H2,1-2H3/t11-/m0/s1. The van der Waals surface area contributed by atoms with Gasteiger partial charge in [0, 0.05) is 11.6 Å². The second-order valence-electron chi connectivity index (χ2n) is 4.40. The van der Waals surface area contributed by atoms with E-state index in [4.69, 9.17) is 15.2 Å². The van der Waals surface area contributed by atoms with Crippen LogP contribution in [0.25, 0.3) is 0 Å². The van der Waals surface area contributed by atoms with Crippen molar-refractivity contribution in [3.63, 3.8) is 0 Å². The molecule has 3 nitrogen and oxygen atoms in total. The molecule has 0 radical (unpaired) electrons. The molecule has 0 saturated carbocycles. The average Bonchev–Trinajstić information content (AvgIpc) is 2.32. The molecule has 0 heterocycles. The third kappa shape index (κ3) is 2.55. The van der Waals surface area contributed by atoms with E-state index in [1.54, 1.807) is 0 Å². The minimum atomic E-state index is 0.287. The molecule has 0 amide bonds. The Hall–Kier alpha value is -1.22. The van der Waals surface area contributed by atoms with Gasteiger partial charge in [-0.15, -0.1) is 0 Å². The van der Waals surface area contributed by atoms with Crippen LogP contribution in [0.3, 0.4) is 0 Å². The molecule has 1 aromatic carbocycles. The Morgan fingerprint density at radius 2 is 2.00 bits per heavy atom.